The Morgan fingerprint density at radius 1 is 0.917 bits per heavy atom. The van der Waals surface area contributed by atoms with Crippen molar-refractivity contribution in [2.24, 2.45) is 0 Å². The van der Waals surface area contributed by atoms with Gasteiger partial charge in [0.1, 0.15) is 5.75 Å². The van der Waals surface area contributed by atoms with E-state index in [0.29, 0.717) is 26.5 Å². The zero-order valence-electron chi connectivity index (χ0n) is 12.3. The van der Waals surface area contributed by atoms with Crippen molar-refractivity contribution in [1.29, 1.82) is 0 Å². The van der Waals surface area contributed by atoms with Crippen LogP contribution >= 0.6 is 34.8 Å². The molecule has 2 aromatic carbocycles. The van der Waals surface area contributed by atoms with E-state index in [-0.39, 0.29) is 13.2 Å². The molecule has 0 aliphatic heterocycles. The van der Waals surface area contributed by atoms with Crippen LogP contribution in [0.15, 0.2) is 42.5 Å². The fourth-order valence-electron chi connectivity index (χ4n) is 1.71. The van der Waals surface area contributed by atoms with Crippen LogP contribution in [0.1, 0.15) is 0 Å². The normalized spacial score (nSPS) is 10.1. The minimum absolute atomic E-state index is 0.220. The third-order valence-electron chi connectivity index (χ3n) is 2.86. The van der Waals surface area contributed by atoms with Crippen molar-refractivity contribution in [3.05, 3.63) is 57.5 Å². The van der Waals surface area contributed by atoms with Crippen LogP contribution in [0.4, 0.5) is 5.69 Å². The maximum Gasteiger partial charge on any atom is 0.258 e. The molecule has 0 atom stereocenters. The van der Waals surface area contributed by atoms with Crippen molar-refractivity contribution in [2.75, 3.05) is 18.5 Å². The molecule has 0 aliphatic rings. The number of carbonyl (C=O) groups excluding carboxylic acids is 2. The average Bonchev–Trinajstić information content (AvgIpc) is 2.56. The van der Waals surface area contributed by atoms with Gasteiger partial charge >= 0.3 is 0 Å². The molecule has 0 bridgehead atoms. The summed E-state index contributed by atoms with van der Waals surface area (Å²) in [5.41, 5.74) is 0.303. The third-order valence-corrected chi connectivity index (χ3v) is 3.74. The quantitative estimate of drug-likeness (QED) is 0.792. The topological polar surface area (TPSA) is 67.4 Å². The molecule has 0 fully saturated rings. The van der Waals surface area contributed by atoms with Gasteiger partial charge < -0.3 is 15.4 Å². The van der Waals surface area contributed by atoms with Crippen LogP contribution in [0, 0.1) is 0 Å². The SMILES string of the molecule is O=C(COc1ccc(Cl)cc1)NCC(=O)Nc1c(Cl)cccc1Cl. The van der Waals surface area contributed by atoms with Crippen LogP contribution in [-0.4, -0.2) is 25.0 Å². The Kier molecular flexibility index (Phi) is 6.73. The average molecular weight is 388 g/mol. The maximum atomic E-state index is 11.8. The molecule has 0 saturated heterocycles. The number of carbonyl (C=O) groups is 2. The minimum Gasteiger partial charge on any atom is -0.484 e. The largest absolute Gasteiger partial charge is 0.484 e. The Morgan fingerprint density at radius 2 is 1.54 bits per heavy atom. The van der Waals surface area contributed by atoms with Crippen molar-refractivity contribution in [3.63, 3.8) is 0 Å². The number of nitrogens with one attached hydrogen (secondary N) is 2. The van der Waals surface area contributed by atoms with E-state index in [9.17, 15) is 9.59 Å². The highest BCUT2D eigenvalue weighted by Gasteiger charge is 2.11. The van der Waals surface area contributed by atoms with Gasteiger partial charge in [-0.3, -0.25) is 9.59 Å². The highest BCUT2D eigenvalue weighted by Crippen LogP contribution is 2.29. The molecule has 0 radical (unpaired) electrons. The molecule has 5 nitrogen and oxygen atoms in total. The van der Waals surface area contributed by atoms with Crippen molar-refractivity contribution in [3.8, 4) is 5.75 Å². The van der Waals surface area contributed by atoms with E-state index >= 15 is 0 Å². The van der Waals surface area contributed by atoms with E-state index in [1.165, 1.54) is 0 Å². The Hall–Kier alpha value is -1.95. The van der Waals surface area contributed by atoms with Gasteiger partial charge in [0, 0.05) is 5.02 Å². The van der Waals surface area contributed by atoms with Gasteiger partial charge in [0.05, 0.1) is 22.3 Å². The minimum atomic E-state index is -0.454. The lowest BCUT2D eigenvalue weighted by Crippen LogP contribution is -2.35. The summed E-state index contributed by atoms with van der Waals surface area (Å²) in [6.45, 7) is -0.452. The Morgan fingerprint density at radius 3 is 2.17 bits per heavy atom. The highest BCUT2D eigenvalue weighted by molar-refractivity contribution is 6.39. The summed E-state index contributed by atoms with van der Waals surface area (Å²) >= 11 is 17.6. The van der Waals surface area contributed by atoms with E-state index in [1.807, 2.05) is 0 Å². The first kappa shape index (κ1) is 18.4. The van der Waals surface area contributed by atoms with Gasteiger partial charge in [-0.05, 0) is 36.4 Å². The van der Waals surface area contributed by atoms with Gasteiger partial charge in [-0.15, -0.1) is 0 Å². The van der Waals surface area contributed by atoms with Crippen LogP contribution in [0.5, 0.6) is 5.75 Å². The van der Waals surface area contributed by atoms with E-state index in [4.69, 9.17) is 39.5 Å². The summed E-state index contributed by atoms with van der Waals surface area (Å²) in [7, 11) is 0. The number of para-hydroxylation sites is 1. The fourth-order valence-corrected chi connectivity index (χ4v) is 2.33. The summed E-state index contributed by atoms with van der Waals surface area (Å²) < 4.78 is 5.27. The Balaban J connectivity index is 1.77. The van der Waals surface area contributed by atoms with Gasteiger partial charge in [-0.25, -0.2) is 0 Å². The molecule has 2 aromatic rings. The third kappa shape index (κ3) is 5.60. The first-order valence-electron chi connectivity index (χ1n) is 6.84. The van der Waals surface area contributed by atoms with Gasteiger partial charge in [-0.1, -0.05) is 40.9 Å². The van der Waals surface area contributed by atoms with Gasteiger partial charge in [-0.2, -0.15) is 0 Å². The first-order chi connectivity index (χ1) is 11.5. The number of hydrogen-bond acceptors (Lipinski definition) is 3. The molecule has 0 saturated carbocycles. The van der Waals surface area contributed by atoms with Crippen LogP contribution in [-0.2, 0) is 9.59 Å². The second-order valence-corrected chi connectivity index (χ2v) is 5.91. The zero-order chi connectivity index (χ0) is 17.5. The van der Waals surface area contributed by atoms with Crippen molar-refractivity contribution >= 4 is 52.3 Å². The first-order valence-corrected chi connectivity index (χ1v) is 7.98. The monoisotopic (exact) mass is 386 g/mol. The molecule has 0 spiro atoms. The smallest absolute Gasteiger partial charge is 0.258 e. The molecule has 0 aliphatic carbocycles. The number of halogens is 3. The second-order valence-electron chi connectivity index (χ2n) is 4.66. The van der Waals surface area contributed by atoms with E-state index in [1.54, 1.807) is 42.5 Å². The lowest BCUT2D eigenvalue weighted by atomic mass is 10.3. The summed E-state index contributed by atoms with van der Waals surface area (Å²) in [5.74, 6) is -0.392. The summed E-state index contributed by atoms with van der Waals surface area (Å²) in [6, 6.07) is 11.4. The maximum absolute atomic E-state index is 11.8. The van der Waals surface area contributed by atoms with Crippen molar-refractivity contribution in [1.82, 2.24) is 5.32 Å². The predicted molar refractivity (Wildman–Crippen MR) is 95.0 cm³/mol. The van der Waals surface area contributed by atoms with Crippen molar-refractivity contribution < 1.29 is 14.3 Å². The second kappa shape index (κ2) is 8.78. The van der Waals surface area contributed by atoms with Crippen LogP contribution < -0.4 is 15.4 Å². The predicted octanol–water partition coefficient (Wildman–Crippen LogP) is 3.78. The highest BCUT2D eigenvalue weighted by atomic mass is 35.5. The molecule has 0 unspecified atom stereocenters. The molecule has 0 heterocycles. The van der Waals surface area contributed by atoms with Crippen LogP contribution in [0.25, 0.3) is 0 Å². The van der Waals surface area contributed by atoms with Gasteiger partial charge in [0.2, 0.25) is 5.91 Å². The molecule has 2 rings (SSSR count). The van der Waals surface area contributed by atoms with Gasteiger partial charge in [0.25, 0.3) is 5.91 Å². The van der Waals surface area contributed by atoms with E-state index in [0.717, 1.165) is 0 Å². The van der Waals surface area contributed by atoms with Gasteiger partial charge in [0.15, 0.2) is 6.61 Å². The number of anilines is 1. The zero-order valence-corrected chi connectivity index (χ0v) is 14.6. The summed E-state index contributed by atoms with van der Waals surface area (Å²) in [5, 5.41) is 6.17. The molecule has 0 aromatic heterocycles. The van der Waals surface area contributed by atoms with E-state index < -0.39 is 11.8 Å². The van der Waals surface area contributed by atoms with Crippen LogP contribution in [0.2, 0.25) is 15.1 Å². The lowest BCUT2D eigenvalue weighted by Gasteiger charge is -2.10. The van der Waals surface area contributed by atoms with Crippen molar-refractivity contribution in [2.45, 2.75) is 0 Å². The van der Waals surface area contributed by atoms with Crippen LogP contribution in [0.3, 0.4) is 0 Å². The molecule has 126 valence electrons. The summed E-state index contributed by atoms with van der Waals surface area (Å²) in [6.07, 6.45) is 0. The Labute approximate surface area is 153 Å². The fraction of sp³-hybridized carbons (Fsp3) is 0.125. The summed E-state index contributed by atoms with van der Waals surface area (Å²) in [4.78, 5) is 23.5. The number of benzene rings is 2. The number of hydrogen-bond donors (Lipinski definition) is 2. The molecular formula is C16H13Cl3N2O3. The number of ether oxygens (including phenoxy) is 1. The molecule has 2 N–H and O–H groups in total. The molecular weight excluding hydrogens is 375 g/mol. The lowest BCUT2D eigenvalue weighted by molar-refractivity contribution is -0.125. The number of amides is 2. The molecule has 2 amide bonds. The molecule has 8 heteroatoms. The Bertz CT molecular complexity index is 716. The standard InChI is InChI=1S/C16H13Cl3N2O3/c17-10-4-6-11(7-5-10)24-9-15(23)20-8-14(22)21-16-12(18)2-1-3-13(16)19/h1-7H,8-9H2,(H,20,23)(H,21,22). The number of rotatable bonds is 6. The molecule has 24 heavy (non-hydrogen) atoms. The van der Waals surface area contributed by atoms with E-state index in [2.05, 4.69) is 10.6 Å².